The van der Waals surface area contributed by atoms with Crippen molar-refractivity contribution in [1.29, 1.82) is 0 Å². The van der Waals surface area contributed by atoms with Crippen LogP contribution in [0.4, 0.5) is 0 Å². The van der Waals surface area contributed by atoms with Gasteiger partial charge in [-0.3, -0.25) is 0 Å². The van der Waals surface area contributed by atoms with Crippen LogP contribution in [0.2, 0.25) is 0 Å². The zero-order chi connectivity index (χ0) is 32.8. The number of hydrogen-bond acceptors (Lipinski definition) is 0. The summed E-state index contributed by atoms with van der Waals surface area (Å²) >= 11 is 0. The molecular weight excluding hydrogens is 608 g/mol. The Morgan fingerprint density at radius 3 is 0.714 bits per heavy atom. The van der Waals surface area contributed by atoms with Gasteiger partial charge in [-0.2, -0.15) is 0 Å². The molecule has 0 amide bonds. The van der Waals surface area contributed by atoms with Crippen LogP contribution in [0.1, 0.15) is 0 Å². The molecule has 0 saturated carbocycles. The van der Waals surface area contributed by atoms with Gasteiger partial charge in [0.1, 0.15) is 0 Å². The molecular formula is C48H35P. The maximum atomic E-state index is 2.37. The molecule has 0 unspecified atom stereocenters. The van der Waals surface area contributed by atoms with Gasteiger partial charge in [0, 0.05) is 0 Å². The zero-order valence-corrected chi connectivity index (χ0v) is 28.1. The van der Waals surface area contributed by atoms with Crippen LogP contribution in [0.15, 0.2) is 206 Å². The molecule has 0 spiro atoms. The van der Waals surface area contributed by atoms with E-state index in [1.165, 1.54) is 77.4 Å². The summed E-state index contributed by atoms with van der Waals surface area (Å²) in [4.78, 5) is 0. The predicted molar refractivity (Wildman–Crippen MR) is 213 cm³/mol. The summed E-state index contributed by atoms with van der Waals surface area (Å²) < 4.78 is 0. The molecule has 0 N–H and O–H groups in total. The Balaban J connectivity index is 1.14. The maximum Gasteiger partial charge on any atom is -0.0171 e. The van der Waals surface area contributed by atoms with Crippen molar-refractivity contribution in [3.05, 3.63) is 206 Å². The van der Waals surface area contributed by atoms with Crippen molar-refractivity contribution in [2.45, 2.75) is 0 Å². The molecule has 0 aromatic heterocycles. The maximum absolute atomic E-state index is 2.37. The van der Waals surface area contributed by atoms with E-state index in [0.717, 1.165) is 0 Å². The molecule has 0 aliphatic rings. The summed E-state index contributed by atoms with van der Waals surface area (Å²) in [6.07, 6.45) is 0. The summed E-state index contributed by atoms with van der Waals surface area (Å²) in [5.74, 6) is 0. The highest BCUT2D eigenvalue weighted by Crippen LogP contribution is 2.35. The van der Waals surface area contributed by atoms with Crippen molar-refractivity contribution in [3.8, 4) is 66.8 Å². The van der Waals surface area contributed by atoms with Gasteiger partial charge in [-0.15, -0.1) is 0 Å². The monoisotopic (exact) mass is 642 g/mol. The highest BCUT2D eigenvalue weighted by atomic mass is 31.1. The molecule has 0 aliphatic heterocycles. The van der Waals surface area contributed by atoms with Gasteiger partial charge in [0.2, 0.25) is 0 Å². The number of hydrogen-bond donors (Lipinski definition) is 0. The summed E-state index contributed by atoms with van der Waals surface area (Å²) in [5, 5.41) is 2.65. The lowest BCUT2D eigenvalue weighted by Gasteiger charge is -2.13. The third-order valence-electron chi connectivity index (χ3n) is 8.97. The van der Waals surface area contributed by atoms with Crippen LogP contribution in [-0.2, 0) is 0 Å². The van der Waals surface area contributed by atoms with Gasteiger partial charge in [-0.25, -0.2) is 0 Å². The fraction of sp³-hybridized carbons (Fsp3) is 0. The largest absolute Gasteiger partial charge is 0.0622 e. The molecule has 0 nitrogen and oxygen atoms in total. The van der Waals surface area contributed by atoms with Crippen LogP contribution >= 0.6 is 8.58 Å². The number of benzene rings is 8. The Hall–Kier alpha value is -5.81. The van der Waals surface area contributed by atoms with Crippen molar-refractivity contribution < 1.29 is 0 Å². The Labute approximate surface area is 291 Å². The number of rotatable bonds is 8. The Morgan fingerprint density at radius 1 is 0.184 bits per heavy atom. The van der Waals surface area contributed by atoms with E-state index < -0.39 is 0 Å². The second-order valence-electron chi connectivity index (χ2n) is 12.3. The van der Waals surface area contributed by atoms with Gasteiger partial charge in [0.15, 0.2) is 0 Å². The van der Waals surface area contributed by atoms with Crippen molar-refractivity contribution in [2.24, 2.45) is 0 Å². The van der Waals surface area contributed by atoms with Crippen molar-refractivity contribution >= 4 is 19.2 Å². The molecule has 8 aromatic carbocycles. The first-order valence-corrected chi connectivity index (χ1v) is 17.7. The van der Waals surface area contributed by atoms with Gasteiger partial charge in [0.25, 0.3) is 0 Å². The minimum absolute atomic E-state index is 0.540. The van der Waals surface area contributed by atoms with E-state index >= 15 is 0 Å². The van der Waals surface area contributed by atoms with Crippen molar-refractivity contribution in [2.75, 3.05) is 0 Å². The van der Waals surface area contributed by atoms with E-state index in [-0.39, 0.29) is 0 Å². The molecule has 0 aliphatic carbocycles. The topological polar surface area (TPSA) is 0 Å². The van der Waals surface area contributed by atoms with E-state index in [1.54, 1.807) is 0 Å². The van der Waals surface area contributed by atoms with Gasteiger partial charge in [-0.1, -0.05) is 166 Å². The van der Waals surface area contributed by atoms with E-state index in [2.05, 4.69) is 206 Å². The van der Waals surface area contributed by atoms with Gasteiger partial charge < -0.3 is 0 Å². The van der Waals surface area contributed by atoms with E-state index in [9.17, 15) is 0 Å². The Bertz CT molecular complexity index is 2040. The molecule has 232 valence electrons. The van der Waals surface area contributed by atoms with Gasteiger partial charge in [0.05, 0.1) is 0 Å². The molecule has 8 aromatic rings. The predicted octanol–water partition coefficient (Wildman–Crippen LogP) is 12.3. The van der Waals surface area contributed by atoms with Crippen LogP contribution in [-0.4, -0.2) is 0 Å². The highest BCUT2D eigenvalue weighted by molar-refractivity contribution is 7.55. The SMILES string of the molecule is c1ccc(-c2cc(-c3ccccc3)cc(-c3cccc(Pc4cccc(-c5cc(-c6ccccc6)cc(-c6ccccc6)c5)c4)c3)c2)cc1. The second-order valence-corrected chi connectivity index (χ2v) is 13.8. The van der Waals surface area contributed by atoms with Crippen LogP contribution in [0, 0.1) is 0 Å². The van der Waals surface area contributed by atoms with Gasteiger partial charge >= 0.3 is 0 Å². The summed E-state index contributed by atoms with van der Waals surface area (Å²) in [6.45, 7) is 0. The molecule has 0 fully saturated rings. The smallest absolute Gasteiger partial charge is 0.0171 e. The lowest BCUT2D eigenvalue weighted by atomic mass is 9.93. The van der Waals surface area contributed by atoms with Gasteiger partial charge in [-0.05, 0) is 126 Å². The molecule has 0 saturated heterocycles. The Kier molecular flexibility index (Phi) is 8.80. The zero-order valence-electron chi connectivity index (χ0n) is 27.1. The minimum Gasteiger partial charge on any atom is -0.0622 e. The van der Waals surface area contributed by atoms with Crippen LogP contribution in [0.3, 0.4) is 0 Å². The molecule has 0 atom stereocenters. The highest BCUT2D eigenvalue weighted by Gasteiger charge is 2.11. The average molecular weight is 643 g/mol. The lowest BCUT2D eigenvalue weighted by molar-refractivity contribution is 1.57. The lowest BCUT2D eigenvalue weighted by Crippen LogP contribution is -2.04. The fourth-order valence-corrected chi connectivity index (χ4v) is 7.65. The molecule has 0 bridgehead atoms. The van der Waals surface area contributed by atoms with Crippen molar-refractivity contribution in [3.63, 3.8) is 0 Å². The summed E-state index contributed by atoms with van der Waals surface area (Å²) in [6, 6.07) is 74.8. The third-order valence-corrected chi connectivity index (χ3v) is 10.2. The molecule has 49 heavy (non-hydrogen) atoms. The summed E-state index contributed by atoms with van der Waals surface area (Å²) in [7, 11) is 0.540. The first-order chi connectivity index (χ1) is 24.2. The van der Waals surface area contributed by atoms with Crippen LogP contribution < -0.4 is 10.6 Å². The summed E-state index contributed by atoms with van der Waals surface area (Å²) in [5.41, 5.74) is 14.7. The van der Waals surface area contributed by atoms with Crippen LogP contribution in [0.25, 0.3) is 66.8 Å². The first kappa shape index (κ1) is 30.5. The molecule has 0 heterocycles. The molecule has 1 heteroatoms. The average Bonchev–Trinajstić information content (AvgIpc) is 3.19. The fourth-order valence-electron chi connectivity index (χ4n) is 6.50. The van der Waals surface area contributed by atoms with Crippen molar-refractivity contribution in [1.82, 2.24) is 0 Å². The van der Waals surface area contributed by atoms with Crippen LogP contribution in [0.5, 0.6) is 0 Å². The minimum atomic E-state index is 0.540. The van der Waals surface area contributed by atoms with E-state index in [1.807, 2.05) is 0 Å². The molecule has 0 radical (unpaired) electrons. The quantitative estimate of drug-likeness (QED) is 0.145. The Morgan fingerprint density at radius 2 is 0.429 bits per heavy atom. The first-order valence-electron chi connectivity index (χ1n) is 16.7. The normalized spacial score (nSPS) is 10.9. The third kappa shape index (κ3) is 7.07. The standard InChI is InChI=1S/C48H35P/c1-5-15-35(16-6-1)41-27-42(36-17-7-2-8-18-36)30-45(29-41)39-23-13-25-47(33-39)49-48-26-14-24-40(34-48)46-31-43(37-19-9-3-10-20-37)28-44(32-46)38-21-11-4-12-22-38/h1-34,49H. The van der Waals surface area contributed by atoms with E-state index in [0.29, 0.717) is 8.58 Å². The van der Waals surface area contributed by atoms with E-state index in [4.69, 9.17) is 0 Å². The molecule has 8 rings (SSSR count). The second kappa shape index (κ2) is 14.1.